The molecular weight excluding hydrogens is 1330 g/mol. The maximum Gasteiger partial charge on any atom is 0.431 e. The molecule has 9 heterocycles. The zero-order chi connectivity index (χ0) is 71.5. The number of halogens is 9. The van der Waals surface area contributed by atoms with Gasteiger partial charge in [-0.15, -0.1) is 0 Å². The molecule has 100 heavy (non-hydrogen) atoms. The number of hydrogen-bond acceptors (Lipinski definition) is 10. The standard InChI is InChI=1S/C26H32F3N3O3S.C25H24F3N3O.C23H28F3N3O3.2H2/c1-17(2)36(34,35)21-7-4-19(16-18(21)3)24(33)30-12-10-25(11-13-30)22-8-9-23(26(27,28)29)31(22)14-15-32(25)20-5-6-20;26-25(27,28)22-11-10-21-24(29-14-17-31(21)22)12-15-30(16-13-24)23(32)20-9-5-4-8-19(20)18-6-2-1-3-7-18;1-15(2)32-17-5-4-16(14-18(17)31-3)21(30)28-11-8-22(9-12-28)19-6-7-20(23(24,25)26)29(19)13-10-27-22;;/h4,7-9,16-17,20H,5-6,10-15H2,1-3H3;1-11,29H,12-17H2;4-7,14-15,27H,8-13H2,1-3H3;2*1H. The van der Waals surface area contributed by atoms with E-state index in [9.17, 15) is 62.3 Å². The SMILES string of the molecule is COc1cc(C(=O)N2CCC3(CC2)NCCn2c(C(F)(F)F)ccc23)ccc1OC(C)C.Cc1cc(C(=O)N2CCC3(CC2)c2ccc(C(F)(F)F)n2CCN3C2CC2)ccc1S(=O)(=O)C(C)C.O=C(c1ccccc1-c1ccccc1)N1CCC2(CC1)NCCn1c(C(F)(F)F)ccc12.[HH].[HH]. The van der Waals surface area contributed by atoms with Crippen LogP contribution in [0.3, 0.4) is 0 Å². The van der Waals surface area contributed by atoms with Crippen LogP contribution in [0.2, 0.25) is 0 Å². The number of fused-ring (bicyclic) bond motifs is 6. The topological polar surface area (TPSA) is 156 Å². The first-order valence-corrected chi connectivity index (χ1v) is 35.7. The first kappa shape index (κ1) is 71.7. The molecule has 0 bridgehead atoms. The minimum Gasteiger partial charge on any atom is -0.493 e. The van der Waals surface area contributed by atoms with Crippen LogP contribution in [0.5, 0.6) is 11.5 Å². The molecule has 3 aromatic heterocycles. The number of ether oxygens (including phenoxy) is 2. The number of carbonyl (C=O) groups excluding carboxylic acids is 3. The number of nitrogens with zero attached hydrogens (tertiary/aromatic N) is 7. The van der Waals surface area contributed by atoms with Crippen LogP contribution in [-0.4, -0.2) is 143 Å². The molecule has 3 saturated heterocycles. The highest BCUT2D eigenvalue weighted by molar-refractivity contribution is 7.92. The first-order chi connectivity index (χ1) is 47.4. The number of rotatable bonds is 10. The lowest BCUT2D eigenvalue weighted by atomic mass is 9.80. The van der Waals surface area contributed by atoms with Crippen LogP contribution in [0.1, 0.15) is 153 Å². The van der Waals surface area contributed by atoms with Gasteiger partial charge < -0.3 is 48.5 Å². The van der Waals surface area contributed by atoms with E-state index < -0.39 is 67.3 Å². The zero-order valence-corrected chi connectivity index (χ0v) is 57.6. The van der Waals surface area contributed by atoms with Crippen molar-refractivity contribution in [2.45, 2.75) is 163 Å². The number of aryl methyl sites for hydroxylation is 1. The third-order valence-corrected chi connectivity index (χ3v) is 23.3. The number of alkyl halides is 9. The quantitative estimate of drug-likeness (QED) is 0.126. The Kier molecular flexibility index (Phi) is 19.9. The molecule has 2 N–H and O–H groups in total. The van der Waals surface area contributed by atoms with E-state index in [2.05, 4.69) is 15.5 Å². The summed E-state index contributed by atoms with van der Waals surface area (Å²) in [5.41, 5.74) is 2.62. The third-order valence-electron chi connectivity index (χ3n) is 21.0. The van der Waals surface area contributed by atoms with Gasteiger partial charge in [0.1, 0.15) is 17.1 Å². The van der Waals surface area contributed by atoms with Crippen molar-refractivity contribution in [3.8, 4) is 22.6 Å². The number of benzene rings is 4. The maximum absolute atomic E-state index is 13.6. The van der Waals surface area contributed by atoms with E-state index in [-0.39, 0.29) is 38.1 Å². The Labute approximate surface area is 579 Å². The summed E-state index contributed by atoms with van der Waals surface area (Å²) < 4.78 is 162. The molecule has 7 aliphatic rings. The average molecular weight is 1420 g/mol. The number of amides is 3. The lowest BCUT2D eigenvalue weighted by Crippen LogP contribution is -2.58. The van der Waals surface area contributed by atoms with Crippen LogP contribution < -0.4 is 20.1 Å². The van der Waals surface area contributed by atoms with Crippen molar-refractivity contribution in [1.82, 2.24) is 43.9 Å². The van der Waals surface area contributed by atoms with Crippen LogP contribution in [0.25, 0.3) is 11.1 Å². The molecule has 4 fully saturated rings. The van der Waals surface area contributed by atoms with Crippen LogP contribution >= 0.6 is 0 Å². The van der Waals surface area contributed by atoms with E-state index in [0.717, 1.165) is 30.0 Å². The summed E-state index contributed by atoms with van der Waals surface area (Å²) in [6.45, 7) is 13.9. The lowest BCUT2D eigenvalue weighted by molar-refractivity contribution is -0.145. The largest absolute Gasteiger partial charge is 0.493 e. The Hall–Kier alpha value is -8.07. The molecular formula is C74H88F9N9O7S. The minimum absolute atomic E-state index is 0. The van der Waals surface area contributed by atoms with Gasteiger partial charge in [0.15, 0.2) is 21.3 Å². The Bertz CT molecular complexity index is 4280. The van der Waals surface area contributed by atoms with Crippen LogP contribution in [0.15, 0.2) is 132 Å². The van der Waals surface area contributed by atoms with Gasteiger partial charge in [-0.3, -0.25) is 19.3 Å². The van der Waals surface area contributed by atoms with E-state index in [1.807, 2.05) is 73.3 Å². The highest BCUT2D eigenvalue weighted by Crippen LogP contribution is 2.50. The third kappa shape index (κ3) is 13.9. The number of likely N-dealkylation sites (tertiary alicyclic amines) is 3. The van der Waals surface area contributed by atoms with Crippen molar-refractivity contribution in [3.63, 3.8) is 0 Å². The fourth-order valence-corrected chi connectivity index (χ4v) is 17.1. The summed E-state index contributed by atoms with van der Waals surface area (Å²) in [4.78, 5) is 47.8. The molecule has 3 amide bonds. The first-order valence-electron chi connectivity index (χ1n) is 34.2. The number of nitrogens with one attached hydrogen (secondary N) is 2. The smallest absolute Gasteiger partial charge is 0.431 e. The van der Waals surface area contributed by atoms with Gasteiger partial charge in [0.2, 0.25) is 0 Å². The van der Waals surface area contributed by atoms with E-state index >= 15 is 0 Å². The molecule has 4 aromatic carbocycles. The van der Waals surface area contributed by atoms with Crippen LogP contribution in [0.4, 0.5) is 39.5 Å². The second kappa shape index (κ2) is 27.7. The fraction of sp³-hybridized carbons (Fsp3) is 0.473. The van der Waals surface area contributed by atoms with Crippen molar-refractivity contribution >= 4 is 27.6 Å². The van der Waals surface area contributed by atoms with Gasteiger partial charge in [-0.1, -0.05) is 48.5 Å². The number of sulfone groups is 1. The Balaban J connectivity index is 0.000000164. The highest BCUT2D eigenvalue weighted by Gasteiger charge is 2.53. The van der Waals surface area contributed by atoms with E-state index in [1.165, 1.54) is 39.0 Å². The molecule has 0 atom stereocenters. The molecule has 1 aliphatic carbocycles. The average Bonchev–Trinajstić information content (AvgIpc) is 1.55. The van der Waals surface area contributed by atoms with E-state index in [1.54, 1.807) is 79.1 Å². The van der Waals surface area contributed by atoms with Gasteiger partial charge in [-0.2, -0.15) is 39.5 Å². The summed E-state index contributed by atoms with van der Waals surface area (Å²) >= 11 is 0. The molecule has 540 valence electrons. The molecule has 0 radical (unpaired) electrons. The molecule has 6 aliphatic heterocycles. The van der Waals surface area contributed by atoms with Gasteiger partial charge in [0, 0.05) is 121 Å². The molecule has 3 spiro atoms. The minimum atomic E-state index is -4.40. The van der Waals surface area contributed by atoms with Gasteiger partial charge in [0.05, 0.1) is 40.0 Å². The zero-order valence-electron chi connectivity index (χ0n) is 56.8. The normalized spacial score (nSPS) is 18.9. The molecule has 0 unspecified atom stereocenters. The van der Waals surface area contributed by atoms with Crippen LogP contribution in [0, 0.1) is 6.92 Å². The summed E-state index contributed by atoms with van der Waals surface area (Å²) in [7, 11) is -1.92. The van der Waals surface area contributed by atoms with Crippen molar-refractivity contribution in [2.75, 3.05) is 66.0 Å². The van der Waals surface area contributed by atoms with Gasteiger partial charge in [-0.05, 0) is 182 Å². The summed E-state index contributed by atoms with van der Waals surface area (Å²) in [5, 5.41) is 6.34. The predicted molar refractivity (Wildman–Crippen MR) is 363 cm³/mol. The Morgan fingerprint density at radius 2 is 0.980 bits per heavy atom. The number of methoxy groups -OCH3 is 1. The van der Waals surface area contributed by atoms with Crippen molar-refractivity contribution in [2.24, 2.45) is 0 Å². The van der Waals surface area contributed by atoms with E-state index in [0.29, 0.717) is 167 Å². The highest BCUT2D eigenvalue weighted by atomic mass is 32.2. The van der Waals surface area contributed by atoms with Crippen LogP contribution in [-0.2, 0) is 64.6 Å². The summed E-state index contributed by atoms with van der Waals surface area (Å²) in [6, 6.07) is 35.9. The Morgan fingerprint density at radius 3 is 1.46 bits per heavy atom. The number of piperidine rings is 3. The number of carbonyl (C=O) groups is 3. The fourth-order valence-electron chi connectivity index (χ4n) is 15.8. The molecule has 14 rings (SSSR count). The number of hydrogen-bond donors (Lipinski definition) is 2. The van der Waals surface area contributed by atoms with Gasteiger partial charge in [-0.25, -0.2) is 8.42 Å². The van der Waals surface area contributed by atoms with Gasteiger partial charge in [0.25, 0.3) is 17.7 Å². The van der Waals surface area contributed by atoms with Gasteiger partial charge >= 0.3 is 18.5 Å². The molecule has 26 heteroatoms. The molecule has 1 saturated carbocycles. The maximum atomic E-state index is 13.6. The second-order valence-electron chi connectivity index (χ2n) is 27.6. The summed E-state index contributed by atoms with van der Waals surface area (Å²) in [6.07, 6.45) is -7.67. The van der Waals surface area contributed by atoms with Crippen molar-refractivity contribution in [1.29, 1.82) is 0 Å². The van der Waals surface area contributed by atoms with E-state index in [4.69, 9.17) is 9.47 Å². The molecule has 16 nitrogen and oxygen atoms in total. The second-order valence-corrected chi connectivity index (χ2v) is 30.1. The van der Waals surface area contributed by atoms with Crippen molar-refractivity contribution in [3.05, 3.63) is 184 Å². The monoisotopic (exact) mass is 1420 g/mol. The Morgan fingerprint density at radius 1 is 0.520 bits per heavy atom. The lowest BCUT2D eigenvalue weighted by Gasteiger charge is -2.52. The summed E-state index contributed by atoms with van der Waals surface area (Å²) in [5.74, 6) is 0.716. The van der Waals surface area contributed by atoms with Crippen molar-refractivity contribution < 1.29 is 74.6 Å². The molecule has 7 aromatic rings. The number of aromatic nitrogens is 3. The predicted octanol–water partition coefficient (Wildman–Crippen LogP) is 14.0.